The standard InChI is InChI=1S/C25H39N3O2/c1-23(2,30)18-27-19-24(28(22(27)29)17-20-9-8-10-20)13-15-25(16-14-24,26(3)4)21-11-6-5-7-12-21/h5-7,11-12,20,30H,8-10,13-19H2,1-4H3. The third kappa shape index (κ3) is 3.87. The number of hydrogen-bond donors (Lipinski definition) is 1. The van der Waals surface area contributed by atoms with Gasteiger partial charge in [-0.3, -0.25) is 4.90 Å². The summed E-state index contributed by atoms with van der Waals surface area (Å²) in [5.74, 6) is 0.655. The van der Waals surface area contributed by atoms with Gasteiger partial charge in [-0.15, -0.1) is 0 Å². The molecule has 1 heterocycles. The summed E-state index contributed by atoms with van der Waals surface area (Å²) in [4.78, 5) is 19.9. The lowest BCUT2D eigenvalue weighted by Crippen LogP contribution is -2.56. The molecule has 166 valence electrons. The summed E-state index contributed by atoms with van der Waals surface area (Å²) in [7, 11) is 4.38. The Balaban J connectivity index is 1.59. The number of benzene rings is 1. The molecular formula is C25H39N3O2. The van der Waals surface area contributed by atoms with Gasteiger partial charge in [0.1, 0.15) is 0 Å². The fourth-order valence-electron chi connectivity index (χ4n) is 5.98. The fourth-order valence-corrected chi connectivity index (χ4v) is 5.98. The van der Waals surface area contributed by atoms with Gasteiger partial charge in [0, 0.05) is 18.6 Å². The zero-order chi connectivity index (χ0) is 21.6. The van der Waals surface area contributed by atoms with Crippen LogP contribution in [0.1, 0.15) is 64.4 Å². The fraction of sp³-hybridized carbons (Fsp3) is 0.720. The topological polar surface area (TPSA) is 47.0 Å². The highest BCUT2D eigenvalue weighted by Gasteiger charge is 2.55. The van der Waals surface area contributed by atoms with Crippen LogP contribution in [-0.2, 0) is 5.54 Å². The molecule has 5 nitrogen and oxygen atoms in total. The second-order valence-corrected chi connectivity index (χ2v) is 10.9. The highest BCUT2D eigenvalue weighted by atomic mass is 16.3. The van der Waals surface area contributed by atoms with Crippen molar-refractivity contribution in [3.8, 4) is 0 Å². The average Bonchev–Trinajstić information content (AvgIpc) is 2.89. The van der Waals surface area contributed by atoms with Crippen LogP contribution in [0.2, 0.25) is 0 Å². The van der Waals surface area contributed by atoms with Crippen LogP contribution < -0.4 is 0 Å². The van der Waals surface area contributed by atoms with Crippen molar-refractivity contribution >= 4 is 6.03 Å². The van der Waals surface area contributed by atoms with Crippen LogP contribution in [0.15, 0.2) is 30.3 Å². The van der Waals surface area contributed by atoms with Crippen molar-refractivity contribution in [1.29, 1.82) is 0 Å². The van der Waals surface area contributed by atoms with Crippen LogP contribution in [0.25, 0.3) is 0 Å². The minimum absolute atomic E-state index is 0.0291. The first-order valence-corrected chi connectivity index (χ1v) is 11.7. The maximum absolute atomic E-state index is 13.4. The summed E-state index contributed by atoms with van der Waals surface area (Å²) in [5.41, 5.74) is 0.455. The Labute approximate surface area is 182 Å². The number of aliphatic hydroxyl groups is 1. The molecule has 1 aliphatic heterocycles. The number of rotatable bonds is 6. The predicted molar refractivity (Wildman–Crippen MR) is 120 cm³/mol. The van der Waals surface area contributed by atoms with E-state index >= 15 is 0 Å². The summed E-state index contributed by atoms with van der Waals surface area (Å²) in [6, 6.07) is 11.0. The highest BCUT2D eigenvalue weighted by Crippen LogP contribution is 2.49. The van der Waals surface area contributed by atoms with Gasteiger partial charge in [-0.25, -0.2) is 4.79 Å². The maximum atomic E-state index is 13.4. The Kier molecular flexibility index (Phi) is 5.65. The molecule has 0 bridgehead atoms. The van der Waals surface area contributed by atoms with Crippen LogP contribution in [0, 0.1) is 5.92 Å². The molecule has 3 aliphatic rings. The van der Waals surface area contributed by atoms with Gasteiger partial charge in [0.15, 0.2) is 0 Å². The summed E-state index contributed by atoms with van der Waals surface area (Å²) in [5, 5.41) is 10.4. The van der Waals surface area contributed by atoms with E-state index in [-0.39, 0.29) is 17.1 Å². The molecule has 2 amide bonds. The monoisotopic (exact) mass is 413 g/mol. The SMILES string of the molecule is CN(C)C1(c2ccccc2)CCC2(CC1)CN(CC(C)(C)O)C(=O)N2CC1CCC1. The second kappa shape index (κ2) is 7.83. The number of amides is 2. The number of carbonyl (C=O) groups excluding carboxylic acids is 1. The van der Waals surface area contributed by atoms with Gasteiger partial charge in [0.25, 0.3) is 0 Å². The normalized spacial score (nSPS) is 30.4. The maximum Gasteiger partial charge on any atom is 0.320 e. The van der Waals surface area contributed by atoms with Gasteiger partial charge in [-0.05, 0) is 77.9 Å². The molecular weight excluding hydrogens is 374 g/mol. The number of hydrogen-bond acceptors (Lipinski definition) is 3. The first-order valence-electron chi connectivity index (χ1n) is 11.7. The van der Waals surface area contributed by atoms with E-state index in [9.17, 15) is 9.90 Å². The van der Waals surface area contributed by atoms with E-state index in [0.29, 0.717) is 12.5 Å². The van der Waals surface area contributed by atoms with E-state index in [2.05, 4.69) is 54.2 Å². The predicted octanol–water partition coefficient (Wildman–Crippen LogP) is 4.06. The molecule has 2 aliphatic carbocycles. The van der Waals surface area contributed by atoms with Gasteiger partial charge in [0.05, 0.1) is 17.7 Å². The molecule has 3 fully saturated rings. The van der Waals surface area contributed by atoms with Crippen molar-refractivity contribution < 1.29 is 9.90 Å². The molecule has 0 unspecified atom stereocenters. The molecule has 5 heteroatoms. The summed E-state index contributed by atoms with van der Waals surface area (Å²) in [6.45, 7) is 5.65. The quantitative estimate of drug-likeness (QED) is 0.765. The summed E-state index contributed by atoms with van der Waals surface area (Å²) < 4.78 is 0. The van der Waals surface area contributed by atoms with E-state index in [1.807, 2.05) is 4.90 Å². The third-order valence-electron chi connectivity index (χ3n) is 7.98. The smallest absolute Gasteiger partial charge is 0.320 e. The van der Waals surface area contributed by atoms with Gasteiger partial charge in [-0.1, -0.05) is 36.8 Å². The summed E-state index contributed by atoms with van der Waals surface area (Å²) >= 11 is 0. The first-order chi connectivity index (χ1) is 14.2. The number of urea groups is 1. The van der Waals surface area contributed by atoms with Gasteiger partial charge in [-0.2, -0.15) is 0 Å². The molecule has 1 aromatic rings. The van der Waals surface area contributed by atoms with E-state index < -0.39 is 5.60 Å². The Bertz CT molecular complexity index is 743. The van der Waals surface area contributed by atoms with Gasteiger partial charge in [0.2, 0.25) is 0 Å². The molecule has 0 aromatic heterocycles. The molecule has 1 saturated heterocycles. The minimum atomic E-state index is -0.866. The van der Waals surface area contributed by atoms with Crippen molar-refractivity contribution in [3.05, 3.63) is 35.9 Å². The highest BCUT2D eigenvalue weighted by molar-refractivity contribution is 5.78. The first kappa shape index (κ1) is 21.6. The minimum Gasteiger partial charge on any atom is -0.389 e. The third-order valence-corrected chi connectivity index (χ3v) is 7.98. The molecule has 0 radical (unpaired) electrons. The van der Waals surface area contributed by atoms with Crippen LogP contribution >= 0.6 is 0 Å². The molecule has 1 aromatic carbocycles. The van der Waals surface area contributed by atoms with Crippen LogP contribution in [0.5, 0.6) is 0 Å². The number of carbonyl (C=O) groups is 1. The summed E-state index contributed by atoms with van der Waals surface area (Å²) in [6.07, 6.45) is 7.92. The molecule has 1 spiro atoms. The van der Waals surface area contributed by atoms with Crippen LogP contribution in [0.3, 0.4) is 0 Å². The van der Waals surface area contributed by atoms with Crippen LogP contribution in [-0.4, -0.2) is 70.7 Å². The zero-order valence-electron chi connectivity index (χ0n) is 19.2. The van der Waals surface area contributed by atoms with Crippen molar-refractivity contribution in [2.24, 2.45) is 5.92 Å². The van der Waals surface area contributed by atoms with E-state index in [1.54, 1.807) is 13.8 Å². The van der Waals surface area contributed by atoms with Gasteiger partial charge >= 0.3 is 6.03 Å². The Hall–Kier alpha value is -1.59. The van der Waals surface area contributed by atoms with Gasteiger partial charge < -0.3 is 14.9 Å². The lowest BCUT2D eigenvalue weighted by molar-refractivity contribution is 0.0138. The molecule has 2 saturated carbocycles. The van der Waals surface area contributed by atoms with Crippen molar-refractivity contribution in [1.82, 2.24) is 14.7 Å². The Morgan fingerprint density at radius 1 is 1.10 bits per heavy atom. The largest absolute Gasteiger partial charge is 0.389 e. The number of β-amino-alcohol motifs (C(OH)–C–C–N with tert-alkyl or cyclic N) is 1. The van der Waals surface area contributed by atoms with E-state index in [4.69, 9.17) is 0 Å². The lowest BCUT2D eigenvalue weighted by atomic mass is 9.68. The average molecular weight is 414 g/mol. The van der Waals surface area contributed by atoms with Crippen molar-refractivity contribution in [2.45, 2.75) is 75.5 Å². The molecule has 4 rings (SSSR count). The van der Waals surface area contributed by atoms with Crippen LogP contribution in [0.4, 0.5) is 4.79 Å². The lowest BCUT2D eigenvalue weighted by Gasteiger charge is -2.51. The van der Waals surface area contributed by atoms with Crippen molar-refractivity contribution in [3.63, 3.8) is 0 Å². The second-order valence-electron chi connectivity index (χ2n) is 10.9. The zero-order valence-corrected chi connectivity index (χ0v) is 19.2. The number of nitrogens with zero attached hydrogens (tertiary/aromatic N) is 3. The van der Waals surface area contributed by atoms with E-state index in [1.165, 1.54) is 24.8 Å². The van der Waals surface area contributed by atoms with Crippen molar-refractivity contribution in [2.75, 3.05) is 33.7 Å². The molecule has 30 heavy (non-hydrogen) atoms. The molecule has 0 atom stereocenters. The Morgan fingerprint density at radius 2 is 1.73 bits per heavy atom. The Morgan fingerprint density at radius 3 is 2.23 bits per heavy atom. The van der Waals surface area contributed by atoms with E-state index in [0.717, 1.165) is 38.8 Å². The molecule has 1 N–H and O–H groups in total.